The van der Waals surface area contributed by atoms with Crippen molar-refractivity contribution < 1.29 is 9.90 Å². The highest BCUT2D eigenvalue weighted by Gasteiger charge is 2.24. The van der Waals surface area contributed by atoms with E-state index in [0.717, 1.165) is 13.1 Å². The predicted molar refractivity (Wildman–Crippen MR) is 75.0 cm³/mol. The Morgan fingerprint density at radius 1 is 1.35 bits per heavy atom. The zero-order chi connectivity index (χ0) is 14.5. The van der Waals surface area contributed by atoms with Crippen LogP contribution in [-0.2, 0) is 11.2 Å². The monoisotopic (exact) mass is 273 g/mol. The number of nitrogens with zero attached hydrogens (tertiary/aromatic N) is 3. The average Bonchev–Trinajstić information content (AvgIpc) is 2.49. The number of rotatable bonds is 3. The summed E-state index contributed by atoms with van der Waals surface area (Å²) >= 11 is 0. The van der Waals surface area contributed by atoms with Crippen LogP contribution in [0.15, 0.2) is 24.3 Å². The van der Waals surface area contributed by atoms with E-state index in [4.69, 9.17) is 5.26 Å². The van der Waals surface area contributed by atoms with Crippen molar-refractivity contribution in [2.24, 2.45) is 0 Å². The Morgan fingerprint density at radius 3 is 2.60 bits per heavy atom. The van der Waals surface area contributed by atoms with Crippen LogP contribution in [0.5, 0.6) is 5.75 Å². The van der Waals surface area contributed by atoms with Crippen LogP contribution in [0.25, 0.3) is 0 Å². The molecule has 20 heavy (non-hydrogen) atoms. The molecule has 1 atom stereocenters. The van der Waals surface area contributed by atoms with Crippen molar-refractivity contribution in [2.45, 2.75) is 19.4 Å². The second kappa shape index (κ2) is 6.40. The van der Waals surface area contributed by atoms with E-state index < -0.39 is 0 Å². The number of benzene rings is 1. The number of para-hydroxylation sites is 1. The number of carbonyl (C=O) groups excluding carboxylic acids is 1. The molecular weight excluding hydrogens is 254 g/mol. The minimum Gasteiger partial charge on any atom is -0.508 e. The topological polar surface area (TPSA) is 67.6 Å². The van der Waals surface area contributed by atoms with Crippen LogP contribution in [-0.4, -0.2) is 53.0 Å². The molecule has 1 saturated heterocycles. The third-order valence-electron chi connectivity index (χ3n) is 3.73. The molecule has 1 aromatic carbocycles. The molecule has 0 aromatic heterocycles. The molecule has 1 heterocycles. The van der Waals surface area contributed by atoms with E-state index in [1.54, 1.807) is 23.1 Å². The fourth-order valence-corrected chi connectivity index (χ4v) is 2.38. The number of amides is 1. The molecule has 0 aliphatic carbocycles. The summed E-state index contributed by atoms with van der Waals surface area (Å²) in [5.74, 6) is 0.188. The zero-order valence-electron chi connectivity index (χ0n) is 11.6. The van der Waals surface area contributed by atoms with Gasteiger partial charge in [-0.2, -0.15) is 5.26 Å². The highest BCUT2D eigenvalue weighted by Crippen LogP contribution is 2.17. The summed E-state index contributed by atoms with van der Waals surface area (Å²) in [4.78, 5) is 16.1. The Kier molecular flexibility index (Phi) is 4.59. The molecule has 5 nitrogen and oxygen atoms in total. The number of carbonyl (C=O) groups is 1. The van der Waals surface area contributed by atoms with Gasteiger partial charge in [0.05, 0.1) is 18.5 Å². The highest BCUT2D eigenvalue weighted by molar-refractivity contribution is 5.79. The molecule has 1 aromatic rings. The second-order valence-electron chi connectivity index (χ2n) is 5.03. The number of nitriles is 1. The Hall–Kier alpha value is -2.06. The molecule has 1 aliphatic rings. The minimum atomic E-state index is -0.106. The maximum Gasteiger partial charge on any atom is 0.227 e. The van der Waals surface area contributed by atoms with Crippen LogP contribution in [0.2, 0.25) is 0 Å². The van der Waals surface area contributed by atoms with Crippen molar-refractivity contribution in [1.29, 1.82) is 5.26 Å². The van der Waals surface area contributed by atoms with E-state index in [2.05, 4.69) is 11.0 Å². The molecular formula is C15H19N3O2. The minimum absolute atomic E-state index is 0.0239. The van der Waals surface area contributed by atoms with Gasteiger partial charge in [-0.1, -0.05) is 18.2 Å². The van der Waals surface area contributed by atoms with Crippen molar-refractivity contribution in [3.05, 3.63) is 29.8 Å². The number of hydrogen-bond acceptors (Lipinski definition) is 4. The quantitative estimate of drug-likeness (QED) is 0.892. The van der Waals surface area contributed by atoms with E-state index in [1.807, 2.05) is 13.0 Å². The normalized spacial score (nSPS) is 17.5. The maximum absolute atomic E-state index is 12.2. The number of aromatic hydroxyl groups is 1. The molecule has 0 radical (unpaired) electrons. The van der Waals surface area contributed by atoms with Crippen molar-refractivity contribution in [3.8, 4) is 11.8 Å². The van der Waals surface area contributed by atoms with Crippen molar-refractivity contribution in [1.82, 2.24) is 9.80 Å². The molecule has 0 bridgehead atoms. The summed E-state index contributed by atoms with van der Waals surface area (Å²) in [5.41, 5.74) is 0.658. The molecule has 0 saturated carbocycles. The van der Waals surface area contributed by atoms with Crippen LogP contribution in [0, 0.1) is 11.3 Å². The van der Waals surface area contributed by atoms with Gasteiger partial charge in [0.2, 0.25) is 5.91 Å². The van der Waals surface area contributed by atoms with Crippen LogP contribution in [0.1, 0.15) is 12.5 Å². The lowest BCUT2D eigenvalue weighted by Gasteiger charge is -2.36. The first-order valence-corrected chi connectivity index (χ1v) is 6.80. The standard InChI is InChI=1S/C15H19N3O2/c1-12(11-16)17-6-8-18(9-7-17)15(20)10-13-4-2-3-5-14(13)19/h2-5,12,19H,6-10H2,1H3. The van der Waals surface area contributed by atoms with Gasteiger partial charge in [-0.05, 0) is 13.0 Å². The summed E-state index contributed by atoms with van der Waals surface area (Å²) in [5, 5.41) is 18.6. The molecule has 1 N–H and O–H groups in total. The lowest BCUT2D eigenvalue weighted by atomic mass is 10.1. The highest BCUT2D eigenvalue weighted by atomic mass is 16.3. The van der Waals surface area contributed by atoms with Crippen molar-refractivity contribution in [2.75, 3.05) is 26.2 Å². The van der Waals surface area contributed by atoms with E-state index in [0.29, 0.717) is 18.7 Å². The molecule has 1 fully saturated rings. The Balaban J connectivity index is 1.90. The summed E-state index contributed by atoms with van der Waals surface area (Å²) in [6, 6.07) is 9.02. The number of phenolic OH excluding ortho intramolecular Hbond substituents is 1. The van der Waals surface area contributed by atoms with Gasteiger partial charge in [-0.15, -0.1) is 0 Å². The van der Waals surface area contributed by atoms with Gasteiger partial charge in [0.15, 0.2) is 0 Å². The summed E-state index contributed by atoms with van der Waals surface area (Å²) < 4.78 is 0. The largest absolute Gasteiger partial charge is 0.508 e. The van der Waals surface area contributed by atoms with Crippen molar-refractivity contribution >= 4 is 5.91 Å². The third-order valence-corrected chi connectivity index (χ3v) is 3.73. The van der Waals surface area contributed by atoms with Crippen LogP contribution >= 0.6 is 0 Å². The third kappa shape index (κ3) is 3.28. The van der Waals surface area contributed by atoms with Gasteiger partial charge in [-0.3, -0.25) is 9.69 Å². The van der Waals surface area contributed by atoms with Crippen LogP contribution < -0.4 is 0 Å². The molecule has 1 unspecified atom stereocenters. The molecule has 1 amide bonds. The second-order valence-corrected chi connectivity index (χ2v) is 5.03. The first-order valence-electron chi connectivity index (χ1n) is 6.80. The lowest BCUT2D eigenvalue weighted by Crippen LogP contribution is -2.51. The van der Waals surface area contributed by atoms with E-state index in [9.17, 15) is 9.90 Å². The van der Waals surface area contributed by atoms with Gasteiger partial charge in [-0.25, -0.2) is 0 Å². The van der Waals surface area contributed by atoms with E-state index in [1.165, 1.54) is 0 Å². The smallest absolute Gasteiger partial charge is 0.227 e. The molecule has 0 spiro atoms. The van der Waals surface area contributed by atoms with Gasteiger partial charge in [0.25, 0.3) is 0 Å². The maximum atomic E-state index is 12.2. The first-order chi connectivity index (χ1) is 9.61. The van der Waals surface area contributed by atoms with Crippen molar-refractivity contribution in [3.63, 3.8) is 0 Å². The Bertz CT molecular complexity index is 516. The van der Waals surface area contributed by atoms with E-state index >= 15 is 0 Å². The van der Waals surface area contributed by atoms with Crippen LogP contribution in [0.3, 0.4) is 0 Å². The Morgan fingerprint density at radius 2 is 2.00 bits per heavy atom. The van der Waals surface area contributed by atoms with Gasteiger partial charge >= 0.3 is 0 Å². The van der Waals surface area contributed by atoms with Crippen LogP contribution in [0.4, 0.5) is 0 Å². The molecule has 2 rings (SSSR count). The SMILES string of the molecule is CC(C#N)N1CCN(C(=O)Cc2ccccc2O)CC1. The fourth-order valence-electron chi connectivity index (χ4n) is 2.38. The number of phenols is 1. The molecule has 106 valence electrons. The van der Waals surface area contributed by atoms with Gasteiger partial charge in [0.1, 0.15) is 5.75 Å². The predicted octanol–water partition coefficient (Wildman–Crippen LogP) is 0.991. The lowest BCUT2D eigenvalue weighted by molar-refractivity contribution is -0.132. The number of hydrogen-bond donors (Lipinski definition) is 1. The van der Waals surface area contributed by atoms with Gasteiger partial charge in [0, 0.05) is 31.7 Å². The fraction of sp³-hybridized carbons (Fsp3) is 0.467. The summed E-state index contributed by atoms with van der Waals surface area (Å²) in [6.07, 6.45) is 0.223. The average molecular weight is 273 g/mol. The zero-order valence-corrected chi connectivity index (χ0v) is 11.6. The van der Waals surface area contributed by atoms with E-state index in [-0.39, 0.29) is 24.1 Å². The Labute approximate surface area is 119 Å². The number of piperazine rings is 1. The van der Waals surface area contributed by atoms with Gasteiger partial charge < -0.3 is 10.0 Å². The first kappa shape index (κ1) is 14.4. The molecule has 5 heteroatoms. The summed E-state index contributed by atoms with van der Waals surface area (Å²) in [6.45, 7) is 4.60. The summed E-state index contributed by atoms with van der Waals surface area (Å²) in [7, 11) is 0. The molecule has 1 aliphatic heterocycles.